The molecule has 1 atom stereocenters. The maximum atomic E-state index is 5.40. The van der Waals surface area contributed by atoms with Crippen LogP contribution in [0.5, 0.6) is 0 Å². The third kappa shape index (κ3) is 3.11. The summed E-state index contributed by atoms with van der Waals surface area (Å²) in [6.07, 6.45) is 3.53. The van der Waals surface area contributed by atoms with Crippen molar-refractivity contribution in [3.8, 4) is 0 Å². The van der Waals surface area contributed by atoms with Gasteiger partial charge in [0.1, 0.15) is 6.10 Å². The lowest BCUT2D eigenvalue weighted by Gasteiger charge is -2.04. The number of hydrogen-bond acceptors (Lipinski definition) is 6. The number of hydrogen-bond donors (Lipinski definition) is 0. The van der Waals surface area contributed by atoms with Crippen molar-refractivity contribution in [1.82, 2.24) is 19.7 Å². The molecular weight excluding hydrogens is 252 g/mol. The summed E-state index contributed by atoms with van der Waals surface area (Å²) in [6.45, 7) is 4.48. The first-order valence-corrected chi connectivity index (χ1v) is 6.73. The third-order valence-electron chi connectivity index (χ3n) is 2.37. The van der Waals surface area contributed by atoms with Gasteiger partial charge in [0.15, 0.2) is 11.0 Å². The number of nitrogens with zero attached hydrogens (tertiary/aromatic N) is 4. The zero-order valence-corrected chi connectivity index (χ0v) is 11.5. The Morgan fingerprint density at radius 1 is 1.56 bits per heavy atom. The number of rotatable bonds is 6. The molecule has 2 aromatic heterocycles. The summed E-state index contributed by atoms with van der Waals surface area (Å²) in [5.74, 6) is 1.79. The highest BCUT2D eigenvalue weighted by Gasteiger charge is 2.14. The predicted molar refractivity (Wildman–Crippen MR) is 67.1 cm³/mol. The average molecular weight is 268 g/mol. The van der Waals surface area contributed by atoms with Gasteiger partial charge in [-0.1, -0.05) is 16.9 Å². The third-order valence-corrected chi connectivity index (χ3v) is 3.41. The topological polar surface area (TPSA) is 66.0 Å². The molecule has 0 bridgehead atoms. The normalized spacial score (nSPS) is 12.8. The van der Waals surface area contributed by atoms with Crippen LogP contribution in [0, 0.1) is 0 Å². The van der Waals surface area contributed by atoms with Crippen molar-refractivity contribution in [3.05, 3.63) is 24.1 Å². The highest BCUT2D eigenvalue weighted by atomic mass is 32.2. The lowest BCUT2D eigenvalue weighted by molar-refractivity contribution is 0.0683. The number of imidazole rings is 1. The van der Waals surface area contributed by atoms with E-state index in [0.717, 1.165) is 5.16 Å². The number of aromatic nitrogens is 4. The maximum absolute atomic E-state index is 5.40. The van der Waals surface area contributed by atoms with Crippen LogP contribution >= 0.6 is 11.8 Å². The van der Waals surface area contributed by atoms with Gasteiger partial charge in [0, 0.05) is 26.0 Å². The summed E-state index contributed by atoms with van der Waals surface area (Å²) >= 11 is 1.56. The van der Waals surface area contributed by atoms with E-state index in [1.807, 2.05) is 31.7 Å². The van der Waals surface area contributed by atoms with Gasteiger partial charge in [0.25, 0.3) is 0 Å². The van der Waals surface area contributed by atoms with Crippen molar-refractivity contribution >= 4 is 11.8 Å². The molecule has 0 amide bonds. The van der Waals surface area contributed by atoms with E-state index in [9.17, 15) is 0 Å². The van der Waals surface area contributed by atoms with Crippen molar-refractivity contribution in [2.75, 3.05) is 6.61 Å². The fraction of sp³-hybridized carbons (Fsp3) is 0.545. The fourth-order valence-electron chi connectivity index (χ4n) is 1.43. The van der Waals surface area contributed by atoms with Crippen LogP contribution in [-0.2, 0) is 17.5 Å². The second-order valence-electron chi connectivity index (χ2n) is 3.75. The highest BCUT2D eigenvalue weighted by Crippen LogP contribution is 2.21. The monoisotopic (exact) mass is 268 g/mol. The van der Waals surface area contributed by atoms with Crippen LogP contribution in [0.3, 0.4) is 0 Å². The fourth-order valence-corrected chi connectivity index (χ4v) is 2.20. The molecule has 0 spiro atoms. The summed E-state index contributed by atoms with van der Waals surface area (Å²) in [4.78, 5) is 8.51. The van der Waals surface area contributed by atoms with Crippen LogP contribution in [-0.4, -0.2) is 26.3 Å². The van der Waals surface area contributed by atoms with Crippen LogP contribution in [0.25, 0.3) is 0 Å². The Morgan fingerprint density at radius 2 is 2.39 bits per heavy atom. The smallest absolute Gasteiger partial charge is 0.237 e. The van der Waals surface area contributed by atoms with Gasteiger partial charge in [-0.05, 0) is 13.8 Å². The quantitative estimate of drug-likeness (QED) is 0.748. The van der Waals surface area contributed by atoms with Crippen LogP contribution in [0.15, 0.2) is 22.1 Å². The first-order chi connectivity index (χ1) is 8.70. The lowest BCUT2D eigenvalue weighted by atomic mass is 10.4. The SMILES string of the molecule is CCOC(C)c1noc(CSc2nccn2C)n1. The minimum absolute atomic E-state index is 0.134. The molecule has 2 rings (SSSR count). The first-order valence-electron chi connectivity index (χ1n) is 5.75. The summed E-state index contributed by atoms with van der Waals surface area (Å²) < 4.78 is 12.5. The molecule has 0 aliphatic rings. The summed E-state index contributed by atoms with van der Waals surface area (Å²) in [6, 6.07) is 0. The molecule has 0 saturated heterocycles. The van der Waals surface area contributed by atoms with Gasteiger partial charge in [0.05, 0.1) is 5.75 Å². The Kier molecular flexibility index (Phi) is 4.38. The summed E-state index contributed by atoms with van der Waals surface area (Å²) in [5.41, 5.74) is 0. The largest absolute Gasteiger partial charge is 0.371 e. The molecule has 0 aromatic carbocycles. The molecule has 0 aliphatic carbocycles. The van der Waals surface area contributed by atoms with Crippen molar-refractivity contribution in [2.45, 2.75) is 30.9 Å². The van der Waals surface area contributed by atoms with Crippen LogP contribution in [0.2, 0.25) is 0 Å². The van der Waals surface area contributed by atoms with E-state index in [0.29, 0.717) is 24.1 Å². The van der Waals surface area contributed by atoms with Crippen LogP contribution in [0.4, 0.5) is 0 Å². The van der Waals surface area contributed by atoms with Crippen LogP contribution < -0.4 is 0 Å². The van der Waals surface area contributed by atoms with Gasteiger partial charge in [0.2, 0.25) is 5.89 Å². The summed E-state index contributed by atoms with van der Waals surface area (Å²) in [7, 11) is 1.95. The van der Waals surface area contributed by atoms with Gasteiger partial charge in [-0.15, -0.1) is 0 Å². The minimum atomic E-state index is -0.134. The molecule has 7 heteroatoms. The van der Waals surface area contributed by atoms with E-state index >= 15 is 0 Å². The second kappa shape index (κ2) is 6.01. The molecule has 0 saturated carbocycles. The number of aryl methyl sites for hydroxylation is 1. The molecule has 0 aliphatic heterocycles. The van der Waals surface area contributed by atoms with E-state index in [4.69, 9.17) is 9.26 Å². The van der Waals surface area contributed by atoms with Crippen molar-refractivity contribution in [3.63, 3.8) is 0 Å². The van der Waals surface area contributed by atoms with Crippen LogP contribution in [0.1, 0.15) is 31.7 Å². The van der Waals surface area contributed by atoms with Crippen molar-refractivity contribution in [2.24, 2.45) is 7.05 Å². The zero-order valence-electron chi connectivity index (χ0n) is 10.7. The number of thioether (sulfide) groups is 1. The molecule has 2 aromatic rings. The molecule has 0 N–H and O–H groups in total. The molecule has 2 heterocycles. The standard InChI is InChI=1S/C11H16N4O2S/c1-4-16-8(2)10-13-9(17-14-10)7-18-11-12-5-6-15(11)3/h5-6,8H,4,7H2,1-3H3. The first kappa shape index (κ1) is 13.1. The van der Waals surface area contributed by atoms with Crippen molar-refractivity contribution in [1.29, 1.82) is 0 Å². The highest BCUT2D eigenvalue weighted by molar-refractivity contribution is 7.98. The maximum Gasteiger partial charge on any atom is 0.237 e. The van der Waals surface area contributed by atoms with E-state index in [1.54, 1.807) is 18.0 Å². The minimum Gasteiger partial charge on any atom is -0.371 e. The van der Waals surface area contributed by atoms with E-state index in [2.05, 4.69) is 15.1 Å². The van der Waals surface area contributed by atoms with E-state index in [-0.39, 0.29) is 6.10 Å². The van der Waals surface area contributed by atoms with Gasteiger partial charge in [-0.2, -0.15) is 4.98 Å². The predicted octanol–water partition coefficient (Wildman–Crippen LogP) is 2.19. The molecule has 0 fully saturated rings. The Labute approximate surface area is 110 Å². The Balaban J connectivity index is 1.93. The molecule has 18 heavy (non-hydrogen) atoms. The Bertz CT molecular complexity index is 497. The molecule has 1 unspecified atom stereocenters. The van der Waals surface area contributed by atoms with E-state index in [1.165, 1.54) is 0 Å². The van der Waals surface area contributed by atoms with Crippen molar-refractivity contribution < 1.29 is 9.26 Å². The Hall–Kier alpha value is -1.34. The molecule has 98 valence electrons. The summed E-state index contributed by atoms with van der Waals surface area (Å²) in [5, 5.41) is 4.83. The average Bonchev–Trinajstić information content (AvgIpc) is 2.96. The molecule has 0 radical (unpaired) electrons. The van der Waals surface area contributed by atoms with Gasteiger partial charge < -0.3 is 13.8 Å². The lowest BCUT2D eigenvalue weighted by Crippen LogP contribution is -2.01. The molecular formula is C11H16N4O2S. The molecule has 6 nitrogen and oxygen atoms in total. The zero-order chi connectivity index (χ0) is 13.0. The number of ether oxygens (including phenoxy) is 1. The second-order valence-corrected chi connectivity index (χ2v) is 4.70. The van der Waals surface area contributed by atoms with E-state index < -0.39 is 0 Å². The van der Waals surface area contributed by atoms with Gasteiger partial charge in [-0.25, -0.2) is 4.98 Å². The van der Waals surface area contributed by atoms with Gasteiger partial charge in [-0.3, -0.25) is 0 Å². The van der Waals surface area contributed by atoms with Gasteiger partial charge >= 0.3 is 0 Å². The Morgan fingerprint density at radius 3 is 3.06 bits per heavy atom.